The first-order valence-corrected chi connectivity index (χ1v) is 48.4. The molecule has 7 aliphatic rings. The summed E-state index contributed by atoms with van der Waals surface area (Å²) in [5.41, 5.74) is 12.2. The number of nitrogens with zero attached hydrogens (tertiary/aromatic N) is 4. The molecule has 0 amide bonds. The number of fused-ring (bicyclic) bond motifs is 6. The number of hydrogen-bond donors (Lipinski definition) is 1. The fourth-order valence-electron chi connectivity index (χ4n) is 17.3. The second-order valence-corrected chi connectivity index (χ2v) is 39.1. The van der Waals surface area contributed by atoms with E-state index in [1.54, 1.807) is 76.2 Å². The van der Waals surface area contributed by atoms with E-state index in [0.717, 1.165) is 105 Å². The van der Waals surface area contributed by atoms with Crippen molar-refractivity contribution in [1.29, 1.82) is 0 Å². The third kappa shape index (κ3) is 27.7. The molecule has 4 atom stereocenters. The Morgan fingerprint density at radius 2 is 1.14 bits per heavy atom. The Balaban J connectivity index is 0.000000287. The van der Waals surface area contributed by atoms with Crippen LogP contribution in [0.5, 0.6) is 23.0 Å². The molecule has 3 aliphatic carbocycles. The summed E-state index contributed by atoms with van der Waals surface area (Å²) in [6.07, 6.45) is 25.6. The maximum Gasteiger partial charge on any atom is 1.00 e. The van der Waals surface area contributed by atoms with Gasteiger partial charge in [-0.05, 0) is 158 Å². The van der Waals surface area contributed by atoms with Crippen LogP contribution in [0.2, 0.25) is 0 Å². The summed E-state index contributed by atoms with van der Waals surface area (Å²) < 4.78 is 147. The zero-order valence-corrected chi connectivity index (χ0v) is 89.3. The van der Waals surface area contributed by atoms with Crippen molar-refractivity contribution < 1.29 is 207 Å². The summed E-state index contributed by atoms with van der Waals surface area (Å²) >= 11 is 0. The van der Waals surface area contributed by atoms with Gasteiger partial charge in [0.1, 0.15) is 86.9 Å². The number of ether oxygens (including phenoxy) is 3. The van der Waals surface area contributed by atoms with Gasteiger partial charge in [0.2, 0.25) is 11.4 Å². The molecule has 4 heterocycles. The van der Waals surface area contributed by atoms with E-state index in [0.29, 0.717) is 95.4 Å². The van der Waals surface area contributed by atoms with Crippen molar-refractivity contribution in [2.75, 3.05) is 51.1 Å². The molecular weight excluding hydrogens is 1860 g/mol. The van der Waals surface area contributed by atoms with Crippen LogP contribution in [0.3, 0.4) is 0 Å². The summed E-state index contributed by atoms with van der Waals surface area (Å²) in [7, 11) is -7.69. The summed E-state index contributed by atoms with van der Waals surface area (Å²) in [4.78, 5) is 75.2. The molecule has 0 spiro atoms. The number of hydrogen-bond acceptors (Lipinski definition) is 25. The van der Waals surface area contributed by atoms with Crippen LogP contribution in [0.25, 0.3) is 0 Å². The molecule has 0 bridgehead atoms. The number of phenolic OH excluding ortho intramolecular Hbond substituents is 1. The molecular formula is C102H109N4Na3O24S4. The van der Waals surface area contributed by atoms with Gasteiger partial charge in [-0.15, -0.1) is 25.3 Å². The van der Waals surface area contributed by atoms with Gasteiger partial charge in [-0.3, -0.25) is 19.2 Å². The number of ketones is 4. The number of allylic oxidation sites excluding steroid dienone is 13. The Hall–Kier alpha value is -9.72. The number of aryl methyl sites for hydroxylation is 1. The number of rotatable bonds is 26. The minimum atomic E-state index is -4.66. The van der Waals surface area contributed by atoms with Gasteiger partial charge in [-0.25, -0.2) is 21.4 Å². The summed E-state index contributed by atoms with van der Waals surface area (Å²) in [5.74, 6) is -0.926. The van der Waals surface area contributed by atoms with Crippen LogP contribution in [0.1, 0.15) is 213 Å². The Morgan fingerprint density at radius 1 is 0.628 bits per heavy atom. The molecule has 0 aromatic heterocycles. The van der Waals surface area contributed by atoms with Crippen molar-refractivity contribution >= 4 is 105 Å². The monoisotopic (exact) mass is 1970 g/mol. The van der Waals surface area contributed by atoms with Gasteiger partial charge in [0.15, 0.2) is 17.3 Å². The predicted octanol–water partition coefficient (Wildman–Crippen LogP) is 4.94. The summed E-state index contributed by atoms with van der Waals surface area (Å²) in [6, 6.07) is 37.2. The van der Waals surface area contributed by atoms with Gasteiger partial charge in [-0.1, -0.05) is 129 Å². The van der Waals surface area contributed by atoms with E-state index in [4.69, 9.17) is 39.5 Å². The number of unbranched alkanes of at least 4 members (excludes halogenated alkanes) is 2. The fourth-order valence-corrected chi connectivity index (χ4v) is 18.3. The number of anilines is 2. The molecule has 0 saturated heterocycles. The molecule has 137 heavy (non-hydrogen) atoms. The molecule has 0 saturated carbocycles. The molecule has 4 aliphatic heterocycles. The van der Waals surface area contributed by atoms with Gasteiger partial charge < -0.3 is 71.9 Å². The van der Waals surface area contributed by atoms with Crippen molar-refractivity contribution in [3.63, 3.8) is 0 Å². The van der Waals surface area contributed by atoms with E-state index in [1.807, 2.05) is 134 Å². The molecule has 7 aromatic carbocycles. The molecule has 2 N–H and O–H groups in total. The normalized spacial score (nSPS) is 17.7. The first-order chi connectivity index (χ1) is 63.0. The molecule has 14 rings (SSSR count). The molecule has 0 radical (unpaired) electrons. The zero-order valence-electron chi connectivity index (χ0n) is 80.0. The minimum Gasteiger partial charge on any atom is -0.744 e. The number of aromatic hydroxyl groups is 1. The van der Waals surface area contributed by atoms with Gasteiger partial charge >= 0.3 is 116 Å². The predicted molar refractivity (Wildman–Crippen MR) is 501 cm³/mol. The van der Waals surface area contributed by atoms with Crippen molar-refractivity contribution in [3.05, 3.63) is 303 Å². The number of aromatic carboxylic acids is 2. The van der Waals surface area contributed by atoms with Gasteiger partial charge in [0.25, 0.3) is 0 Å². The Bertz CT molecular complexity index is 6640. The molecule has 4 unspecified atom stereocenters. The third-order valence-corrected chi connectivity index (χ3v) is 25.9. The van der Waals surface area contributed by atoms with E-state index in [9.17, 15) is 70.0 Å². The summed E-state index contributed by atoms with van der Waals surface area (Å²) in [6.45, 7) is 28.5. The Kier molecular flexibility index (Phi) is 40.8. The van der Waals surface area contributed by atoms with E-state index in [1.165, 1.54) is 60.7 Å². The van der Waals surface area contributed by atoms with Gasteiger partial charge in [-0.2, -0.15) is 17.4 Å². The Morgan fingerprint density at radius 3 is 1.65 bits per heavy atom. The number of carbonyl (C=O) groups is 5. The standard InChI is InChI=1S/C50H61N2O8S2.C28H30N2O4.C24H20O6.3Na.2O3S/c1-9-11-30-51-43-25-23-39(61(54,55)56)32-41(43)49(5,6)46(51)28-19-36-14-13-15-37(48(36)60-38-21-16-35(17-22-38)18-27-45(53)34(3)4)20-29-47-50(7,8)42-33-40(62(57,58)59)24-26-44(42)52(47)31-12-10-2;1-16(2)27(31)17-7-10-20(23(13-17)28(32)33)26-21-11-8-18(29(3)4)14-24(21)34-25-15-19(30(5)6)9-12-22(25)26;1-12(2)23(27)13-3-6-16(19(9-13)24(28)29)22-17-7-4-14(25)10-20(17)30-21-11-15(26)5-8-18(21)22;;;;2*1-4(2)3/h16-17,19-26,28-29,32-34H,1-2,9-15,18,27,30-31H2,3-8H3,(H,54,55,56)(H,57,58,59);7-16,21,26H,1-6H3;3-12,17,22,26H,1-2H3,(H,28,29);;;;;/q-1;;;3*+1;;/p-2. The zero-order chi connectivity index (χ0) is 98.7. The maximum absolute atomic E-state index is 12.6. The van der Waals surface area contributed by atoms with Crippen LogP contribution in [-0.4, -0.2) is 158 Å². The van der Waals surface area contributed by atoms with Crippen molar-refractivity contribution in [3.8, 4) is 23.0 Å². The van der Waals surface area contributed by atoms with Crippen LogP contribution in [0.15, 0.2) is 238 Å². The van der Waals surface area contributed by atoms with Crippen LogP contribution in [-0.2, 0) is 63.5 Å². The van der Waals surface area contributed by atoms with Gasteiger partial charge in [0, 0.05) is 172 Å². The van der Waals surface area contributed by atoms with Crippen LogP contribution in [0.4, 0.5) is 17.1 Å². The molecule has 708 valence electrons. The van der Waals surface area contributed by atoms with E-state index >= 15 is 0 Å². The van der Waals surface area contributed by atoms with E-state index < -0.39 is 70.1 Å². The largest absolute Gasteiger partial charge is 1.00 e. The molecule has 28 nitrogen and oxygen atoms in total. The SMILES string of the molecule is CC(C)C(=O)c1ccc(C2c3ccc(N(C)C)cc3OC3=CC(=[N+](C)C)C=CC32)c(C(=O)[O-])c1.CC(C)C(=O)c1ccc(C2c3ccc(O)cc3OC3=CC(=[OH+])C=CC32)c(C(=O)[O-])c1.O=S(=O)=O.O=S(=O)=O.[CH2-]CCCN1C(=CC=C2CCCC(C=CC3=[N+](CCC[CH2-])c4ccc(S(=O)(=O)[O-])cc4C3(C)C)=C2Oc2ccc(CCC(=O)C(C)C)cc2)C(C)(C)c2cc(S(=O)(=O)[O-])ccc21.[Na+].[Na+].[Na+]. The average Bonchev–Trinajstić information content (AvgIpc) is 1.01. The van der Waals surface area contributed by atoms with Gasteiger partial charge in [0.05, 0.1) is 33.2 Å². The number of benzene rings is 7. The number of phenols is 1. The average molecular weight is 1970 g/mol. The number of carboxylic acid groups (broad SMARTS) is 2. The molecule has 0 fully saturated rings. The van der Waals surface area contributed by atoms with Crippen molar-refractivity contribution in [1.82, 2.24) is 0 Å². The fraction of sp³-hybridized carbons (Fsp3) is 0.333. The quantitative estimate of drug-likeness (QED) is 0.0187. The topological polar surface area (TPSA) is 430 Å². The molecule has 35 heteroatoms. The Labute approximate surface area is 870 Å². The third-order valence-electron chi connectivity index (χ3n) is 24.3. The van der Waals surface area contributed by atoms with Crippen LogP contribution >= 0.6 is 0 Å². The van der Waals surface area contributed by atoms with E-state index in [-0.39, 0.29) is 174 Å². The van der Waals surface area contributed by atoms with Crippen molar-refractivity contribution in [2.24, 2.45) is 29.6 Å². The van der Waals surface area contributed by atoms with Crippen molar-refractivity contribution in [2.45, 2.75) is 159 Å². The number of carboxylic acids is 2. The second kappa shape index (κ2) is 48.9. The smallest absolute Gasteiger partial charge is 0.744 e. The minimum absolute atomic E-state index is 0. The number of Topliss-reactive ketones (excluding diaryl/α,β-unsaturated/α-hetero) is 3. The first-order valence-electron chi connectivity index (χ1n) is 43.6. The van der Waals surface area contributed by atoms with Crippen LogP contribution < -0.4 is 123 Å². The maximum atomic E-state index is 12.6. The van der Waals surface area contributed by atoms with Crippen LogP contribution in [0, 0.1) is 43.4 Å². The molecule has 7 aromatic rings. The summed E-state index contributed by atoms with van der Waals surface area (Å²) in [5, 5.41) is 34.2. The first kappa shape index (κ1) is 114. The second-order valence-electron chi connectivity index (χ2n) is 35.5. The van der Waals surface area contributed by atoms with E-state index in [2.05, 4.69) is 53.7 Å². The number of carbonyl (C=O) groups excluding carboxylic acids is 6.